The lowest BCUT2D eigenvalue weighted by atomic mass is 10.2. The van der Waals surface area contributed by atoms with E-state index in [1.807, 2.05) is 30.3 Å². The fourth-order valence-corrected chi connectivity index (χ4v) is 3.90. The molecule has 160 valence electrons. The van der Waals surface area contributed by atoms with Crippen molar-refractivity contribution in [2.45, 2.75) is 24.1 Å². The SMILES string of the molecule is O=C(CSc1nc(Nc2ccccc2)nc(N2CCOCC2)n1)NC[C@@H]1CCCO1. The molecule has 1 aromatic heterocycles. The molecule has 0 unspecified atom stereocenters. The summed E-state index contributed by atoms with van der Waals surface area (Å²) < 4.78 is 11.0. The van der Waals surface area contributed by atoms with Gasteiger partial charge >= 0.3 is 0 Å². The van der Waals surface area contributed by atoms with Crippen molar-refractivity contribution in [1.29, 1.82) is 0 Å². The van der Waals surface area contributed by atoms with Crippen LogP contribution < -0.4 is 15.5 Å². The van der Waals surface area contributed by atoms with Crippen LogP contribution in [0.4, 0.5) is 17.6 Å². The molecule has 2 aliphatic heterocycles. The Morgan fingerprint density at radius 1 is 1.13 bits per heavy atom. The lowest BCUT2D eigenvalue weighted by molar-refractivity contribution is -0.119. The number of nitrogens with one attached hydrogen (secondary N) is 2. The summed E-state index contributed by atoms with van der Waals surface area (Å²) in [5.41, 5.74) is 0.891. The quantitative estimate of drug-likeness (QED) is 0.607. The van der Waals surface area contributed by atoms with Gasteiger partial charge in [-0.05, 0) is 25.0 Å². The number of carbonyl (C=O) groups excluding carboxylic acids is 1. The van der Waals surface area contributed by atoms with Crippen LogP contribution in [-0.4, -0.2) is 72.2 Å². The topological polar surface area (TPSA) is 102 Å². The molecule has 2 saturated heterocycles. The first-order valence-corrected chi connectivity index (χ1v) is 11.2. The van der Waals surface area contributed by atoms with Crippen molar-refractivity contribution in [3.05, 3.63) is 30.3 Å². The molecule has 0 radical (unpaired) electrons. The van der Waals surface area contributed by atoms with E-state index in [2.05, 4.69) is 30.5 Å². The number of para-hydroxylation sites is 1. The van der Waals surface area contributed by atoms with Crippen molar-refractivity contribution in [3.8, 4) is 0 Å². The Labute approximate surface area is 180 Å². The number of ether oxygens (including phenoxy) is 2. The lowest BCUT2D eigenvalue weighted by Crippen LogP contribution is -2.37. The predicted molar refractivity (Wildman–Crippen MR) is 115 cm³/mol. The van der Waals surface area contributed by atoms with Gasteiger partial charge in [0.1, 0.15) is 0 Å². The number of thioether (sulfide) groups is 1. The Morgan fingerprint density at radius 3 is 2.73 bits per heavy atom. The lowest BCUT2D eigenvalue weighted by Gasteiger charge is -2.27. The second-order valence-electron chi connectivity index (χ2n) is 7.06. The smallest absolute Gasteiger partial charge is 0.233 e. The summed E-state index contributed by atoms with van der Waals surface area (Å²) in [5, 5.41) is 6.66. The van der Waals surface area contributed by atoms with Gasteiger partial charge in [0, 0.05) is 31.9 Å². The number of anilines is 3. The van der Waals surface area contributed by atoms with Crippen molar-refractivity contribution in [2.24, 2.45) is 0 Å². The highest BCUT2D eigenvalue weighted by Gasteiger charge is 2.19. The van der Waals surface area contributed by atoms with Crippen LogP contribution in [0.3, 0.4) is 0 Å². The summed E-state index contributed by atoms with van der Waals surface area (Å²) in [7, 11) is 0. The van der Waals surface area contributed by atoms with Gasteiger partial charge in [-0.1, -0.05) is 30.0 Å². The van der Waals surface area contributed by atoms with E-state index < -0.39 is 0 Å². The molecule has 30 heavy (non-hydrogen) atoms. The van der Waals surface area contributed by atoms with Gasteiger partial charge in [-0.15, -0.1) is 0 Å². The zero-order chi connectivity index (χ0) is 20.6. The van der Waals surface area contributed by atoms with Crippen LogP contribution in [-0.2, 0) is 14.3 Å². The van der Waals surface area contributed by atoms with E-state index in [9.17, 15) is 4.79 Å². The Kier molecular flexibility index (Phi) is 7.33. The van der Waals surface area contributed by atoms with Crippen LogP contribution in [0.1, 0.15) is 12.8 Å². The summed E-state index contributed by atoms with van der Waals surface area (Å²) in [4.78, 5) is 28.0. The minimum Gasteiger partial charge on any atom is -0.378 e. The number of benzene rings is 1. The molecule has 0 aliphatic carbocycles. The van der Waals surface area contributed by atoms with Gasteiger partial charge in [0.25, 0.3) is 0 Å². The molecule has 2 aliphatic rings. The van der Waals surface area contributed by atoms with Crippen LogP contribution in [0, 0.1) is 0 Å². The van der Waals surface area contributed by atoms with E-state index in [-0.39, 0.29) is 17.8 Å². The Balaban J connectivity index is 1.42. The second-order valence-corrected chi connectivity index (χ2v) is 8.00. The van der Waals surface area contributed by atoms with Crippen LogP contribution in [0.5, 0.6) is 0 Å². The average Bonchev–Trinajstić information content (AvgIpc) is 3.31. The first-order valence-electron chi connectivity index (χ1n) is 10.2. The molecule has 1 aromatic carbocycles. The molecule has 4 rings (SSSR count). The largest absolute Gasteiger partial charge is 0.378 e. The third-order valence-electron chi connectivity index (χ3n) is 4.81. The van der Waals surface area contributed by atoms with Gasteiger partial charge in [-0.2, -0.15) is 15.0 Å². The number of rotatable bonds is 8. The minimum absolute atomic E-state index is 0.0543. The van der Waals surface area contributed by atoms with E-state index >= 15 is 0 Å². The summed E-state index contributed by atoms with van der Waals surface area (Å²) in [6.45, 7) is 4.06. The van der Waals surface area contributed by atoms with Crippen molar-refractivity contribution < 1.29 is 14.3 Å². The van der Waals surface area contributed by atoms with Crippen LogP contribution >= 0.6 is 11.8 Å². The normalized spacial score (nSPS) is 18.9. The number of hydrogen-bond donors (Lipinski definition) is 2. The van der Waals surface area contributed by atoms with Gasteiger partial charge in [-0.25, -0.2) is 0 Å². The first-order chi connectivity index (χ1) is 14.8. The van der Waals surface area contributed by atoms with Gasteiger partial charge in [0.2, 0.25) is 17.8 Å². The van der Waals surface area contributed by atoms with Gasteiger partial charge in [-0.3, -0.25) is 4.79 Å². The number of aromatic nitrogens is 3. The zero-order valence-corrected chi connectivity index (χ0v) is 17.6. The highest BCUT2D eigenvalue weighted by atomic mass is 32.2. The van der Waals surface area contributed by atoms with E-state index in [0.717, 1.165) is 38.2 Å². The molecule has 9 nitrogen and oxygen atoms in total. The maximum Gasteiger partial charge on any atom is 0.233 e. The van der Waals surface area contributed by atoms with Crippen molar-refractivity contribution >= 4 is 35.3 Å². The molecular weight excluding hydrogens is 404 g/mol. The summed E-state index contributed by atoms with van der Waals surface area (Å²) in [6, 6.07) is 9.74. The van der Waals surface area contributed by atoms with Crippen molar-refractivity contribution in [1.82, 2.24) is 20.3 Å². The van der Waals surface area contributed by atoms with E-state index in [1.54, 1.807) is 0 Å². The summed E-state index contributed by atoms with van der Waals surface area (Å²) in [5.74, 6) is 1.24. The molecule has 2 N–H and O–H groups in total. The molecular formula is C20H26N6O3S. The standard InChI is InChI=1S/C20H26N6O3S/c27-17(21-13-16-7-4-10-29-16)14-30-20-24-18(22-15-5-2-1-3-6-15)23-19(25-20)26-8-11-28-12-9-26/h1-3,5-6,16H,4,7-14H2,(H,21,27)(H,22,23,24,25)/t16-/m0/s1. The fourth-order valence-electron chi connectivity index (χ4n) is 3.24. The third-order valence-corrected chi connectivity index (χ3v) is 5.66. The maximum atomic E-state index is 12.2. The molecule has 1 amide bonds. The highest BCUT2D eigenvalue weighted by Crippen LogP contribution is 2.21. The Bertz CT molecular complexity index is 829. The maximum absolute atomic E-state index is 12.2. The van der Waals surface area contributed by atoms with Crippen LogP contribution in [0.2, 0.25) is 0 Å². The van der Waals surface area contributed by atoms with Gasteiger partial charge in [0.15, 0.2) is 5.16 Å². The van der Waals surface area contributed by atoms with Gasteiger partial charge < -0.3 is 25.0 Å². The van der Waals surface area contributed by atoms with Crippen LogP contribution in [0.25, 0.3) is 0 Å². The number of carbonyl (C=O) groups is 1. The number of amides is 1. The third kappa shape index (κ3) is 6.04. The van der Waals surface area contributed by atoms with Crippen molar-refractivity contribution in [3.63, 3.8) is 0 Å². The molecule has 2 aromatic rings. The number of nitrogens with zero attached hydrogens (tertiary/aromatic N) is 4. The molecule has 0 spiro atoms. The van der Waals surface area contributed by atoms with E-state index in [1.165, 1.54) is 11.8 Å². The second kappa shape index (κ2) is 10.6. The predicted octanol–water partition coefficient (Wildman–Crippen LogP) is 1.84. The molecule has 1 atom stereocenters. The van der Waals surface area contributed by atoms with E-state index in [0.29, 0.717) is 36.8 Å². The molecule has 0 saturated carbocycles. The average molecular weight is 431 g/mol. The Hall–Kier alpha value is -2.43. The molecule has 10 heteroatoms. The monoisotopic (exact) mass is 430 g/mol. The Morgan fingerprint density at radius 2 is 1.97 bits per heavy atom. The zero-order valence-electron chi connectivity index (χ0n) is 16.7. The summed E-state index contributed by atoms with van der Waals surface area (Å²) >= 11 is 1.30. The highest BCUT2D eigenvalue weighted by molar-refractivity contribution is 7.99. The minimum atomic E-state index is -0.0543. The fraction of sp³-hybridized carbons (Fsp3) is 0.500. The molecule has 3 heterocycles. The molecule has 0 bridgehead atoms. The van der Waals surface area contributed by atoms with Crippen molar-refractivity contribution in [2.75, 3.05) is 55.4 Å². The number of hydrogen-bond acceptors (Lipinski definition) is 9. The van der Waals surface area contributed by atoms with Gasteiger partial charge in [0.05, 0.1) is 25.1 Å². The summed E-state index contributed by atoms with van der Waals surface area (Å²) in [6.07, 6.45) is 2.19. The van der Waals surface area contributed by atoms with Crippen LogP contribution in [0.15, 0.2) is 35.5 Å². The number of morpholine rings is 1. The van der Waals surface area contributed by atoms with E-state index in [4.69, 9.17) is 9.47 Å². The first kappa shape index (κ1) is 20.8. The molecule has 2 fully saturated rings.